The zero-order valence-corrected chi connectivity index (χ0v) is 9.07. The Morgan fingerprint density at radius 1 is 1.38 bits per heavy atom. The minimum atomic E-state index is -0.347. The molecule has 5 heteroatoms. The molecule has 2 N–H and O–H groups in total. The molecule has 0 aliphatic rings. The Bertz CT molecular complexity index is 522. The fraction of sp³-hybridized carbons (Fsp3) is 0.182. The first-order valence-electron chi connectivity index (χ1n) is 4.75. The third-order valence-electron chi connectivity index (χ3n) is 2.32. The average Bonchev–Trinajstić information content (AvgIpc) is 2.58. The number of ether oxygens (including phenoxy) is 1. The van der Waals surface area contributed by atoms with Gasteiger partial charge in [-0.1, -0.05) is 0 Å². The van der Waals surface area contributed by atoms with Crippen molar-refractivity contribution in [2.24, 2.45) is 7.05 Å². The number of halogens is 1. The topological polar surface area (TPSA) is 53.1 Å². The van der Waals surface area contributed by atoms with Crippen LogP contribution in [0.4, 0.5) is 10.2 Å². The van der Waals surface area contributed by atoms with Crippen molar-refractivity contribution < 1.29 is 9.13 Å². The van der Waals surface area contributed by atoms with Crippen LogP contribution in [0, 0.1) is 5.82 Å². The molecule has 16 heavy (non-hydrogen) atoms. The van der Waals surface area contributed by atoms with Gasteiger partial charge in [0.05, 0.1) is 7.11 Å². The van der Waals surface area contributed by atoms with Gasteiger partial charge in [-0.3, -0.25) is 4.68 Å². The van der Waals surface area contributed by atoms with E-state index in [0.717, 1.165) is 0 Å². The molecule has 0 unspecified atom stereocenters. The van der Waals surface area contributed by atoms with Crippen LogP contribution in [0.2, 0.25) is 0 Å². The zero-order chi connectivity index (χ0) is 11.7. The summed E-state index contributed by atoms with van der Waals surface area (Å²) >= 11 is 0. The minimum absolute atomic E-state index is 0.301. The fourth-order valence-electron chi connectivity index (χ4n) is 1.55. The van der Waals surface area contributed by atoms with Gasteiger partial charge in [0.25, 0.3) is 0 Å². The number of nitrogen functional groups attached to an aromatic ring is 1. The van der Waals surface area contributed by atoms with Crippen molar-refractivity contribution in [1.29, 1.82) is 0 Å². The number of rotatable bonds is 2. The molecular weight excluding hydrogens is 209 g/mol. The van der Waals surface area contributed by atoms with E-state index in [0.29, 0.717) is 22.7 Å². The van der Waals surface area contributed by atoms with E-state index in [4.69, 9.17) is 10.5 Å². The highest BCUT2D eigenvalue weighted by molar-refractivity contribution is 5.74. The molecule has 0 aliphatic carbocycles. The van der Waals surface area contributed by atoms with Gasteiger partial charge in [-0.15, -0.1) is 0 Å². The minimum Gasteiger partial charge on any atom is -0.497 e. The van der Waals surface area contributed by atoms with Crippen LogP contribution in [0.15, 0.2) is 24.4 Å². The lowest BCUT2D eigenvalue weighted by Crippen LogP contribution is -1.92. The first kappa shape index (κ1) is 10.5. The molecule has 84 valence electrons. The van der Waals surface area contributed by atoms with Crippen LogP contribution in [0.5, 0.6) is 5.75 Å². The van der Waals surface area contributed by atoms with Crippen molar-refractivity contribution in [3.63, 3.8) is 0 Å². The third-order valence-corrected chi connectivity index (χ3v) is 2.32. The first-order valence-corrected chi connectivity index (χ1v) is 4.75. The van der Waals surface area contributed by atoms with Gasteiger partial charge in [-0.05, 0) is 18.2 Å². The summed E-state index contributed by atoms with van der Waals surface area (Å²) in [5, 5.41) is 3.97. The molecule has 1 aromatic heterocycles. The number of hydrogen-bond acceptors (Lipinski definition) is 3. The molecule has 2 rings (SSSR count). The Balaban J connectivity index is 2.58. The van der Waals surface area contributed by atoms with Gasteiger partial charge in [0.15, 0.2) is 5.82 Å². The summed E-state index contributed by atoms with van der Waals surface area (Å²) in [6.07, 6.45) is 1.67. The maximum absolute atomic E-state index is 13.6. The van der Waals surface area contributed by atoms with Crippen molar-refractivity contribution >= 4 is 5.82 Å². The van der Waals surface area contributed by atoms with Gasteiger partial charge < -0.3 is 10.5 Å². The van der Waals surface area contributed by atoms with Gasteiger partial charge in [-0.2, -0.15) is 5.10 Å². The van der Waals surface area contributed by atoms with Crippen LogP contribution < -0.4 is 10.5 Å². The van der Waals surface area contributed by atoms with Gasteiger partial charge in [0.1, 0.15) is 11.6 Å². The maximum Gasteiger partial charge on any atom is 0.153 e. The summed E-state index contributed by atoms with van der Waals surface area (Å²) in [4.78, 5) is 0. The third kappa shape index (κ3) is 1.71. The van der Waals surface area contributed by atoms with Crippen molar-refractivity contribution in [1.82, 2.24) is 9.78 Å². The van der Waals surface area contributed by atoms with E-state index in [1.807, 2.05) is 0 Å². The molecule has 4 nitrogen and oxygen atoms in total. The van der Waals surface area contributed by atoms with E-state index >= 15 is 0 Å². The number of anilines is 1. The van der Waals surface area contributed by atoms with Crippen molar-refractivity contribution in [3.05, 3.63) is 30.2 Å². The quantitative estimate of drug-likeness (QED) is 0.841. The monoisotopic (exact) mass is 221 g/mol. The highest BCUT2D eigenvalue weighted by Crippen LogP contribution is 2.30. The van der Waals surface area contributed by atoms with Crippen LogP contribution in [0.3, 0.4) is 0 Å². The standard InChI is InChI=1S/C11H12FN3O/c1-15-6-9(11(13)14-15)8-5-7(16-2)3-4-10(8)12/h3-6H,1-2H3,(H2,13,14). The number of nitrogens with two attached hydrogens (primary N) is 1. The normalized spacial score (nSPS) is 10.4. The highest BCUT2D eigenvalue weighted by Gasteiger charge is 2.12. The molecule has 0 saturated carbocycles. The highest BCUT2D eigenvalue weighted by atomic mass is 19.1. The molecule has 1 aromatic carbocycles. The van der Waals surface area contributed by atoms with Gasteiger partial charge in [0, 0.05) is 24.4 Å². The van der Waals surface area contributed by atoms with Crippen molar-refractivity contribution in [2.45, 2.75) is 0 Å². The predicted molar refractivity (Wildman–Crippen MR) is 59.6 cm³/mol. The summed E-state index contributed by atoms with van der Waals surface area (Å²) in [6.45, 7) is 0. The number of hydrogen-bond donors (Lipinski definition) is 1. The lowest BCUT2D eigenvalue weighted by molar-refractivity contribution is 0.414. The molecule has 0 radical (unpaired) electrons. The number of nitrogens with zero attached hydrogens (tertiary/aromatic N) is 2. The molecule has 0 atom stereocenters. The lowest BCUT2D eigenvalue weighted by Gasteiger charge is -2.04. The number of aryl methyl sites for hydroxylation is 1. The van der Waals surface area contributed by atoms with E-state index < -0.39 is 0 Å². The Kier molecular flexibility index (Phi) is 2.52. The molecule has 1 heterocycles. The van der Waals surface area contributed by atoms with Crippen LogP contribution >= 0.6 is 0 Å². The lowest BCUT2D eigenvalue weighted by atomic mass is 10.1. The van der Waals surface area contributed by atoms with E-state index in [1.165, 1.54) is 13.2 Å². The summed E-state index contributed by atoms with van der Waals surface area (Å²) in [7, 11) is 3.27. The van der Waals surface area contributed by atoms with E-state index in [9.17, 15) is 4.39 Å². The van der Waals surface area contributed by atoms with Crippen LogP contribution in [0.25, 0.3) is 11.1 Å². The summed E-state index contributed by atoms with van der Waals surface area (Å²) in [5.41, 5.74) is 6.66. The Hall–Kier alpha value is -2.04. The Morgan fingerprint density at radius 2 is 2.12 bits per heavy atom. The van der Waals surface area contributed by atoms with Crippen LogP contribution in [0.1, 0.15) is 0 Å². The van der Waals surface area contributed by atoms with E-state index in [-0.39, 0.29) is 5.82 Å². The number of benzene rings is 1. The van der Waals surface area contributed by atoms with Crippen molar-refractivity contribution in [2.75, 3.05) is 12.8 Å². The second kappa shape index (κ2) is 3.84. The number of aromatic nitrogens is 2. The Labute approximate surface area is 92.4 Å². The molecule has 0 bridgehead atoms. The molecule has 2 aromatic rings. The molecule has 0 aliphatic heterocycles. The van der Waals surface area contributed by atoms with Gasteiger partial charge >= 0.3 is 0 Å². The maximum atomic E-state index is 13.6. The second-order valence-electron chi connectivity index (χ2n) is 3.45. The second-order valence-corrected chi connectivity index (χ2v) is 3.45. The van der Waals surface area contributed by atoms with Crippen LogP contribution in [-0.2, 0) is 7.05 Å². The van der Waals surface area contributed by atoms with Gasteiger partial charge in [0.2, 0.25) is 0 Å². The van der Waals surface area contributed by atoms with Gasteiger partial charge in [-0.25, -0.2) is 4.39 Å². The molecule has 0 saturated heterocycles. The summed E-state index contributed by atoms with van der Waals surface area (Å²) in [5.74, 6) is 0.537. The van der Waals surface area contributed by atoms with Crippen molar-refractivity contribution in [3.8, 4) is 16.9 Å². The first-order chi connectivity index (χ1) is 7.61. The molecule has 0 fully saturated rings. The Morgan fingerprint density at radius 3 is 2.69 bits per heavy atom. The SMILES string of the molecule is COc1ccc(F)c(-c2cn(C)nc2N)c1. The van der Waals surface area contributed by atoms with Crippen LogP contribution in [-0.4, -0.2) is 16.9 Å². The smallest absolute Gasteiger partial charge is 0.153 e. The zero-order valence-electron chi connectivity index (χ0n) is 9.07. The largest absolute Gasteiger partial charge is 0.497 e. The van der Waals surface area contributed by atoms with E-state index in [2.05, 4.69) is 5.10 Å². The predicted octanol–water partition coefficient (Wildman–Crippen LogP) is 1.82. The number of methoxy groups -OCH3 is 1. The fourth-order valence-corrected chi connectivity index (χ4v) is 1.55. The molecular formula is C11H12FN3O. The summed E-state index contributed by atoms with van der Waals surface area (Å²) in [6, 6.07) is 4.51. The average molecular weight is 221 g/mol. The molecule has 0 amide bonds. The summed E-state index contributed by atoms with van der Waals surface area (Å²) < 4.78 is 20.2. The van der Waals surface area contributed by atoms with E-state index in [1.54, 1.807) is 30.1 Å². The molecule has 0 spiro atoms.